The van der Waals surface area contributed by atoms with Crippen molar-refractivity contribution in [3.8, 4) is 23.6 Å². The summed E-state index contributed by atoms with van der Waals surface area (Å²) in [7, 11) is 1.40. The van der Waals surface area contributed by atoms with Crippen molar-refractivity contribution >= 4 is 47.4 Å². The summed E-state index contributed by atoms with van der Waals surface area (Å²) in [6.07, 6.45) is 2.55. The normalized spacial score (nSPS) is 18.5. The maximum absolute atomic E-state index is 13.6. The highest BCUT2D eigenvalue weighted by atomic mass is 35.5. The molecule has 5 rings (SSSR count). The summed E-state index contributed by atoms with van der Waals surface area (Å²) in [6.45, 7) is 2.09. The summed E-state index contributed by atoms with van der Waals surface area (Å²) in [5, 5.41) is 19.5. The molecule has 2 aliphatic rings. The number of nitrogens with zero attached hydrogens (tertiary/aromatic N) is 6. The second-order valence-corrected chi connectivity index (χ2v) is 11.2. The van der Waals surface area contributed by atoms with E-state index in [1.807, 2.05) is 0 Å². The molecule has 0 radical (unpaired) electrons. The Kier molecular flexibility index (Phi) is 10.7. The summed E-state index contributed by atoms with van der Waals surface area (Å²) in [6, 6.07) is 4.33. The van der Waals surface area contributed by atoms with E-state index in [1.54, 1.807) is 9.80 Å². The van der Waals surface area contributed by atoms with Crippen LogP contribution in [0.25, 0.3) is 11.3 Å². The molecule has 3 aromatic rings. The summed E-state index contributed by atoms with van der Waals surface area (Å²) in [5.74, 6) is 0.419. The van der Waals surface area contributed by atoms with Crippen molar-refractivity contribution in [3.05, 3.63) is 52.7 Å². The minimum Gasteiger partial charge on any atom is -0.391 e. The molecule has 2 aliphatic heterocycles. The maximum atomic E-state index is 13.6. The predicted molar refractivity (Wildman–Crippen MR) is 164 cm³/mol. The summed E-state index contributed by atoms with van der Waals surface area (Å²) < 4.78 is 43.1. The monoisotopic (exact) mass is 682 g/mol. The Bertz CT molecular complexity index is 1660. The average Bonchev–Trinajstić information content (AvgIpc) is 3.60. The van der Waals surface area contributed by atoms with Crippen LogP contribution in [0.15, 0.2) is 30.6 Å². The van der Waals surface area contributed by atoms with Gasteiger partial charge in [-0.25, -0.2) is 4.98 Å². The third-order valence-electron chi connectivity index (χ3n) is 7.85. The van der Waals surface area contributed by atoms with Gasteiger partial charge in [-0.2, -0.15) is 18.3 Å². The molecule has 17 heteroatoms. The van der Waals surface area contributed by atoms with E-state index < -0.39 is 29.8 Å². The lowest BCUT2D eigenvalue weighted by Gasteiger charge is -2.38. The number of terminal acetylenes is 1. The molecule has 0 spiro atoms. The highest BCUT2D eigenvalue weighted by Gasteiger charge is 2.39. The van der Waals surface area contributed by atoms with Crippen molar-refractivity contribution in [2.24, 2.45) is 13.0 Å². The number of anilines is 1. The standard InChI is InChI=1S/C29H30ClF3N8O4.ClH/c1-3-8-41-16-20(24(37-41)29(31,32)33)22-14-35-25(38(22)2)26(43)36-17-4-5-18(21(30)13-17)27(44)39-9-11-40(12-10-39)28(45)19-6-7-34-15-23(19)42;/h1,4-5,13-14,16,19,23,34,42H,6-12,15H2,2H3,(H,36,43);1H/t19-,23+;/m0./s1. The molecule has 0 aliphatic carbocycles. The van der Waals surface area contributed by atoms with Crippen LogP contribution in [0, 0.1) is 18.3 Å². The van der Waals surface area contributed by atoms with E-state index in [4.69, 9.17) is 18.0 Å². The number of alkyl halides is 3. The molecule has 12 nitrogen and oxygen atoms in total. The molecule has 2 saturated heterocycles. The zero-order valence-corrected chi connectivity index (χ0v) is 26.1. The third kappa shape index (κ3) is 7.15. The Morgan fingerprint density at radius 1 is 1.20 bits per heavy atom. The van der Waals surface area contributed by atoms with E-state index in [-0.39, 0.29) is 64.1 Å². The molecule has 3 amide bonds. The molecule has 4 heterocycles. The van der Waals surface area contributed by atoms with Crippen LogP contribution in [0.2, 0.25) is 5.02 Å². The first-order valence-electron chi connectivity index (χ1n) is 14.1. The van der Waals surface area contributed by atoms with Gasteiger partial charge in [0, 0.05) is 51.7 Å². The van der Waals surface area contributed by atoms with E-state index in [1.165, 1.54) is 29.8 Å². The number of benzene rings is 1. The van der Waals surface area contributed by atoms with Crippen LogP contribution >= 0.6 is 24.0 Å². The fourth-order valence-electron chi connectivity index (χ4n) is 5.48. The Morgan fingerprint density at radius 2 is 1.89 bits per heavy atom. The number of aliphatic hydroxyl groups excluding tert-OH is 1. The topological polar surface area (TPSA) is 138 Å². The van der Waals surface area contributed by atoms with Gasteiger partial charge in [-0.15, -0.1) is 18.8 Å². The second-order valence-electron chi connectivity index (χ2n) is 10.7. The Morgan fingerprint density at radius 3 is 2.52 bits per heavy atom. The zero-order valence-electron chi connectivity index (χ0n) is 24.6. The minimum absolute atomic E-state index is 0. The van der Waals surface area contributed by atoms with Crippen LogP contribution in [-0.2, 0) is 24.6 Å². The number of nitrogens with one attached hydrogen (secondary N) is 2. The first-order valence-corrected chi connectivity index (χ1v) is 14.4. The van der Waals surface area contributed by atoms with Crippen molar-refractivity contribution < 1.29 is 32.7 Å². The molecule has 1 aromatic carbocycles. The largest absolute Gasteiger partial charge is 0.435 e. The van der Waals surface area contributed by atoms with Crippen molar-refractivity contribution in [2.45, 2.75) is 25.2 Å². The van der Waals surface area contributed by atoms with Crippen LogP contribution < -0.4 is 10.6 Å². The lowest BCUT2D eigenvalue weighted by molar-refractivity contribution is -0.142. The van der Waals surface area contributed by atoms with Crippen LogP contribution in [0.4, 0.5) is 18.9 Å². The van der Waals surface area contributed by atoms with E-state index in [2.05, 4.69) is 26.6 Å². The van der Waals surface area contributed by atoms with Crippen LogP contribution in [0.3, 0.4) is 0 Å². The number of amides is 3. The summed E-state index contributed by atoms with van der Waals surface area (Å²) >= 11 is 6.43. The molecule has 2 atom stereocenters. The van der Waals surface area contributed by atoms with Gasteiger partial charge in [-0.05, 0) is 31.2 Å². The number of imidazole rings is 1. The van der Waals surface area contributed by atoms with Gasteiger partial charge in [0.2, 0.25) is 5.91 Å². The smallest absolute Gasteiger partial charge is 0.391 e. The summed E-state index contributed by atoms with van der Waals surface area (Å²) in [4.78, 5) is 46.4. The molecule has 3 N–H and O–H groups in total. The number of hydrogen-bond acceptors (Lipinski definition) is 7. The highest BCUT2D eigenvalue weighted by molar-refractivity contribution is 6.34. The molecular formula is C29H31Cl2F3N8O4. The van der Waals surface area contributed by atoms with Gasteiger partial charge in [-0.1, -0.05) is 17.5 Å². The number of carbonyl (C=O) groups excluding carboxylic acids is 3. The minimum atomic E-state index is -4.76. The first kappa shape index (κ1) is 34.8. The molecule has 2 fully saturated rings. The van der Waals surface area contributed by atoms with Gasteiger partial charge in [0.05, 0.1) is 40.1 Å². The fourth-order valence-corrected chi connectivity index (χ4v) is 5.74. The molecule has 46 heavy (non-hydrogen) atoms. The number of β-amino-alcohol motifs (C(OH)–C–C–N with tert-alkyl or cyclic N) is 1. The van der Waals surface area contributed by atoms with Gasteiger partial charge in [0.1, 0.15) is 6.54 Å². The number of rotatable bonds is 6. The first-order chi connectivity index (χ1) is 21.4. The number of hydrogen-bond donors (Lipinski definition) is 3. The number of piperazine rings is 1. The highest BCUT2D eigenvalue weighted by Crippen LogP contribution is 2.36. The molecule has 0 unspecified atom stereocenters. The van der Waals surface area contributed by atoms with E-state index in [0.29, 0.717) is 45.7 Å². The van der Waals surface area contributed by atoms with Gasteiger partial charge in [0.25, 0.3) is 11.8 Å². The van der Waals surface area contributed by atoms with Crippen molar-refractivity contribution in [1.29, 1.82) is 0 Å². The molecule has 246 valence electrons. The van der Waals surface area contributed by atoms with E-state index in [9.17, 15) is 32.7 Å². The zero-order chi connectivity index (χ0) is 32.5. The van der Waals surface area contributed by atoms with E-state index >= 15 is 0 Å². The van der Waals surface area contributed by atoms with Gasteiger partial charge < -0.3 is 30.1 Å². The van der Waals surface area contributed by atoms with Crippen LogP contribution in [-0.4, -0.2) is 97.3 Å². The maximum Gasteiger partial charge on any atom is 0.435 e. The number of carbonyl (C=O) groups is 3. The van der Waals surface area contributed by atoms with Gasteiger partial charge in [-0.3, -0.25) is 19.1 Å². The Labute approximate surface area is 273 Å². The molecule has 0 bridgehead atoms. The molecule has 2 aromatic heterocycles. The number of aromatic nitrogens is 4. The second kappa shape index (κ2) is 14.1. The van der Waals surface area contributed by atoms with Gasteiger partial charge >= 0.3 is 6.18 Å². The molecule has 0 saturated carbocycles. The number of piperidine rings is 1. The quantitative estimate of drug-likeness (QED) is 0.340. The van der Waals surface area contributed by atoms with Crippen LogP contribution in [0.1, 0.15) is 33.1 Å². The number of halogens is 5. The lowest BCUT2D eigenvalue weighted by Crippen LogP contribution is -2.55. The predicted octanol–water partition coefficient (Wildman–Crippen LogP) is 2.52. The SMILES string of the molecule is C#CCn1cc(-c2cnc(C(=O)Nc3ccc(C(=O)N4CCN(C(=O)[C@H]5CCNC[C@H]5O)CC4)c(Cl)c3)n2C)c(C(F)(F)F)n1.Cl. The van der Waals surface area contributed by atoms with E-state index in [0.717, 1.165) is 17.1 Å². The summed E-state index contributed by atoms with van der Waals surface area (Å²) in [5.41, 5.74) is -1.01. The van der Waals surface area contributed by atoms with Crippen molar-refractivity contribution in [1.82, 2.24) is 34.4 Å². The Hall–Kier alpha value is -4.10. The van der Waals surface area contributed by atoms with Gasteiger partial charge in [0.15, 0.2) is 11.5 Å². The number of aliphatic hydroxyl groups is 1. The fraction of sp³-hybridized carbons (Fsp3) is 0.414. The Balaban J connectivity index is 0.00000480. The van der Waals surface area contributed by atoms with Crippen molar-refractivity contribution in [3.63, 3.8) is 0 Å². The lowest BCUT2D eigenvalue weighted by atomic mass is 9.93. The third-order valence-corrected chi connectivity index (χ3v) is 8.17. The van der Waals surface area contributed by atoms with Crippen LogP contribution in [0.5, 0.6) is 0 Å². The molecular weight excluding hydrogens is 652 g/mol. The van der Waals surface area contributed by atoms with Crippen molar-refractivity contribution in [2.75, 3.05) is 44.6 Å². The average molecular weight is 684 g/mol.